The van der Waals surface area contributed by atoms with Gasteiger partial charge in [0.15, 0.2) is 0 Å². The quantitative estimate of drug-likeness (QED) is 0.623. The molecular formula is C13H13NO3. The van der Waals surface area contributed by atoms with Gasteiger partial charge in [0, 0.05) is 18.2 Å². The first-order valence-electron chi connectivity index (χ1n) is 5.38. The third kappa shape index (κ3) is 2.72. The number of methoxy groups -OCH3 is 1. The van der Waals surface area contributed by atoms with Crippen molar-refractivity contribution in [1.29, 1.82) is 0 Å². The lowest BCUT2D eigenvalue weighted by Gasteiger charge is -2.16. The van der Waals surface area contributed by atoms with Gasteiger partial charge in [-0.25, -0.2) is 4.79 Å². The second kappa shape index (κ2) is 4.82. The van der Waals surface area contributed by atoms with Crippen molar-refractivity contribution < 1.29 is 14.3 Å². The fourth-order valence-corrected chi connectivity index (χ4v) is 1.74. The van der Waals surface area contributed by atoms with Crippen molar-refractivity contribution in [3.05, 3.63) is 35.4 Å². The molecule has 0 spiro atoms. The van der Waals surface area contributed by atoms with Crippen LogP contribution in [0.1, 0.15) is 17.5 Å². The molecule has 88 valence electrons. The Balaban J connectivity index is 2.19. The molecule has 4 nitrogen and oxygen atoms in total. The van der Waals surface area contributed by atoms with Crippen LogP contribution in [0.25, 0.3) is 6.08 Å². The summed E-state index contributed by atoms with van der Waals surface area (Å²) in [6.07, 6.45) is 4.32. The summed E-state index contributed by atoms with van der Waals surface area (Å²) in [6, 6.07) is 5.67. The Morgan fingerprint density at radius 1 is 1.41 bits per heavy atom. The molecule has 4 heteroatoms. The first kappa shape index (κ1) is 11.4. The van der Waals surface area contributed by atoms with Gasteiger partial charge < -0.3 is 10.1 Å². The molecule has 1 aliphatic heterocycles. The minimum absolute atomic E-state index is 0.0513. The van der Waals surface area contributed by atoms with Crippen LogP contribution in [0.2, 0.25) is 0 Å². The Morgan fingerprint density at radius 2 is 2.24 bits per heavy atom. The van der Waals surface area contributed by atoms with E-state index >= 15 is 0 Å². The van der Waals surface area contributed by atoms with E-state index in [1.54, 1.807) is 6.08 Å². The number of rotatable bonds is 2. The second-order valence-corrected chi connectivity index (χ2v) is 3.82. The Bertz CT molecular complexity index is 491. The minimum Gasteiger partial charge on any atom is -0.466 e. The molecule has 1 aromatic carbocycles. The maximum Gasteiger partial charge on any atom is 0.330 e. The van der Waals surface area contributed by atoms with Crippen molar-refractivity contribution in [1.82, 2.24) is 0 Å². The predicted molar refractivity (Wildman–Crippen MR) is 64.4 cm³/mol. The number of carbonyl (C=O) groups is 2. The van der Waals surface area contributed by atoms with Gasteiger partial charge in [-0.2, -0.15) is 0 Å². The van der Waals surface area contributed by atoms with Crippen LogP contribution in [0.3, 0.4) is 0 Å². The molecule has 1 N–H and O–H groups in total. The highest BCUT2D eigenvalue weighted by molar-refractivity contribution is 5.94. The lowest BCUT2D eigenvalue weighted by molar-refractivity contribution is -0.134. The summed E-state index contributed by atoms with van der Waals surface area (Å²) < 4.78 is 4.52. The van der Waals surface area contributed by atoms with E-state index < -0.39 is 0 Å². The van der Waals surface area contributed by atoms with E-state index in [9.17, 15) is 9.59 Å². The SMILES string of the molecule is COC(=O)/C=C/c1ccc2c(c1)CCC(=O)N2. The first-order valence-corrected chi connectivity index (χ1v) is 5.38. The van der Waals surface area contributed by atoms with E-state index in [0.717, 1.165) is 23.2 Å². The molecule has 0 fully saturated rings. The van der Waals surface area contributed by atoms with Gasteiger partial charge in [-0.3, -0.25) is 4.79 Å². The highest BCUT2D eigenvalue weighted by Crippen LogP contribution is 2.23. The molecule has 0 saturated heterocycles. The average Bonchev–Trinajstić information content (AvgIpc) is 2.35. The van der Waals surface area contributed by atoms with E-state index in [1.807, 2.05) is 18.2 Å². The number of aryl methyl sites for hydroxylation is 1. The number of ether oxygens (including phenoxy) is 1. The van der Waals surface area contributed by atoms with E-state index in [4.69, 9.17) is 0 Å². The standard InChI is InChI=1S/C13H13NO3/c1-17-13(16)7-3-9-2-5-11-10(8-9)4-6-12(15)14-11/h2-3,5,7-8H,4,6H2,1H3,(H,14,15)/b7-3+. The third-order valence-corrected chi connectivity index (χ3v) is 2.64. The van der Waals surface area contributed by atoms with E-state index in [1.165, 1.54) is 13.2 Å². The highest BCUT2D eigenvalue weighted by atomic mass is 16.5. The number of anilines is 1. The molecule has 0 unspecified atom stereocenters. The zero-order valence-corrected chi connectivity index (χ0v) is 9.53. The Morgan fingerprint density at radius 3 is 3.00 bits per heavy atom. The molecule has 0 radical (unpaired) electrons. The van der Waals surface area contributed by atoms with Crippen LogP contribution in [0.5, 0.6) is 0 Å². The molecule has 17 heavy (non-hydrogen) atoms. The highest BCUT2D eigenvalue weighted by Gasteiger charge is 2.13. The van der Waals surface area contributed by atoms with Crippen molar-refractivity contribution in [2.75, 3.05) is 12.4 Å². The number of hydrogen-bond donors (Lipinski definition) is 1. The van der Waals surface area contributed by atoms with Gasteiger partial charge >= 0.3 is 5.97 Å². The minimum atomic E-state index is -0.379. The lowest BCUT2D eigenvalue weighted by atomic mass is 10.0. The van der Waals surface area contributed by atoms with Crippen LogP contribution in [0.15, 0.2) is 24.3 Å². The molecule has 1 amide bonds. The van der Waals surface area contributed by atoms with Gasteiger partial charge in [0.05, 0.1) is 7.11 Å². The summed E-state index contributed by atoms with van der Waals surface area (Å²) >= 11 is 0. The first-order chi connectivity index (χ1) is 8.19. The maximum atomic E-state index is 11.2. The number of hydrogen-bond acceptors (Lipinski definition) is 3. The molecule has 0 atom stereocenters. The molecule has 2 rings (SSSR count). The van der Waals surface area contributed by atoms with Crippen LogP contribution in [0, 0.1) is 0 Å². The van der Waals surface area contributed by atoms with Gasteiger partial charge in [0.1, 0.15) is 0 Å². The molecule has 0 aromatic heterocycles. The molecule has 0 aliphatic carbocycles. The Labute approximate surface area is 99.3 Å². The van der Waals surface area contributed by atoms with Crippen LogP contribution in [-0.2, 0) is 20.7 Å². The Kier molecular flexibility index (Phi) is 3.23. The van der Waals surface area contributed by atoms with E-state index in [0.29, 0.717) is 6.42 Å². The Hall–Kier alpha value is -2.10. The molecule has 1 heterocycles. The van der Waals surface area contributed by atoms with E-state index in [2.05, 4.69) is 10.1 Å². The van der Waals surface area contributed by atoms with Crippen LogP contribution < -0.4 is 5.32 Å². The summed E-state index contributed by atoms with van der Waals surface area (Å²) in [5.74, 6) is -0.327. The molecule has 1 aromatic rings. The molecule has 1 aliphatic rings. The summed E-state index contributed by atoms with van der Waals surface area (Å²) in [5, 5.41) is 2.81. The lowest BCUT2D eigenvalue weighted by Crippen LogP contribution is -2.18. The van der Waals surface area contributed by atoms with Crippen LogP contribution in [-0.4, -0.2) is 19.0 Å². The molecule has 0 bridgehead atoms. The third-order valence-electron chi connectivity index (χ3n) is 2.64. The van der Waals surface area contributed by atoms with Crippen LogP contribution in [0.4, 0.5) is 5.69 Å². The summed E-state index contributed by atoms with van der Waals surface area (Å²) in [7, 11) is 1.34. The van der Waals surface area contributed by atoms with Crippen molar-refractivity contribution in [2.24, 2.45) is 0 Å². The predicted octanol–water partition coefficient (Wildman–Crippen LogP) is 1.76. The van der Waals surface area contributed by atoms with Gasteiger partial charge in [0.25, 0.3) is 0 Å². The summed E-state index contributed by atoms with van der Waals surface area (Å²) in [5.41, 5.74) is 2.87. The zero-order valence-electron chi connectivity index (χ0n) is 9.53. The van der Waals surface area contributed by atoms with Gasteiger partial charge in [-0.1, -0.05) is 6.07 Å². The zero-order chi connectivity index (χ0) is 12.3. The van der Waals surface area contributed by atoms with Crippen molar-refractivity contribution in [3.63, 3.8) is 0 Å². The maximum absolute atomic E-state index is 11.2. The number of carbonyl (C=O) groups excluding carboxylic acids is 2. The average molecular weight is 231 g/mol. The topological polar surface area (TPSA) is 55.4 Å². The van der Waals surface area contributed by atoms with Gasteiger partial charge in [-0.05, 0) is 35.8 Å². The number of esters is 1. The summed E-state index contributed by atoms with van der Waals surface area (Å²) in [6.45, 7) is 0. The molecular weight excluding hydrogens is 218 g/mol. The normalized spacial score (nSPS) is 14.3. The number of fused-ring (bicyclic) bond motifs is 1. The van der Waals surface area contributed by atoms with Crippen LogP contribution >= 0.6 is 0 Å². The number of amides is 1. The largest absolute Gasteiger partial charge is 0.466 e. The fourth-order valence-electron chi connectivity index (χ4n) is 1.74. The van der Waals surface area contributed by atoms with Gasteiger partial charge in [0.2, 0.25) is 5.91 Å². The van der Waals surface area contributed by atoms with Gasteiger partial charge in [-0.15, -0.1) is 0 Å². The molecule has 0 saturated carbocycles. The van der Waals surface area contributed by atoms with Crippen molar-refractivity contribution in [3.8, 4) is 0 Å². The smallest absolute Gasteiger partial charge is 0.330 e. The summed E-state index contributed by atoms with van der Waals surface area (Å²) in [4.78, 5) is 22.1. The van der Waals surface area contributed by atoms with Crippen molar-refractivity contribution in [2.45, 2.75) is 12.8 Å². The number of benzene rings is 1. The van der Waals surface area contributed by atoms with Crippen molar-refractivity contribution >= 4 is 23.6 Å². The number of nitrogens with one attached hydrogen (secondary N) is 1. The monoisotopic (exact) mass is 231 g/mol. The second-order valence-electron chi connectivity index (χ2n) is 3.82. The van der Waals surface area contributed by atoms with E-state index in [-0.39, 0.29) is 11.9 Å². The fraction of sp³-hybridized carbons (Fsp3) is 0.231.